The molecule has 8 heteroatoms. The van der Waals surface area contributed by atoms with E-state index in [9.17, 15) is 0 Å². The third-order valence-electron chi connectivity index (χ3n) is 3.03. The minimum Gasteiger partial charge on any atom is -0.332 e. The molecule has 1 aliphatic rings. The molecule has 0 unspecified atom stereocenters. The first-order chi connectivity index (χ1) is 9.79. The minimum atomic E-state index is 0.292. The average molecular weight is 289 g/mol. The van der Waals surface area contributed by atoms with Crippen LogP contribution < -0.4 is 0 Å². The van der Waals surface area contributed by atoms with Gasteiger partial charge in [-0.15, -0.1) is 5.10 Å². The third kappa shape index (κ3) is 2.05. The van der Waals surface area contributed by atoms with Crippen LogP contribution in [0.3, 0.4) is 0 Å². The van der Waals surface area contributed by atoms with Gasteiger partial charge in [-0.3, -0.25) is 5.10 Å². The van der Waals surface area contributed by atoms with Crippen LogP contribution in [0.5, 0.6) is 0 Å². The summed E-state index contributed by atoms with van der Waals surface area (Å²) in [5.41, 5.74) is 0.522. The number of halogens is 1. The fourth-order valence-electron chi connectivity index (χ4n) is 1.86. The van der Waals surface area contributed by atoms with Crippen molar-refractivity contribution in [2.75, 3.05) is 0 Å². The molecule has 4 rings (SSSR count). The number of nitrogens with zero attached hydrogens (tertiary/aromatic N) is 5. The summed E-state index contributed by atoms with van der Waals surface area (Å²) in [5.74, 6) is 2.44. The van der Waals surface area contributed by atoms with Gasteiger partial charge < -0.3 is 4.52 Å². The summed E-state index contributed by atoms with van der Waals surface area (Å²) in [7, 11) is 0. The van der Waals surface area contributed by atoms with Gasteiger partial charge in [-0.25, -0.2) is 9.97 Å². The van der Waals surface area contributed by atoms with E-state index < -0.39 is 0 Å². The van der Waals surface area contributed by atoms with Crippen LogP contribution in [0, 0.1) is 0 Å². The molecule has 0 saturated heterocycles. The van der Waals surface area contributed by atoms with Crippen LogP contribution in [0.25, 0.3) is 23.2 Å². The molecule has 0 atom stereocenters. The van der Waals surface area contributed by atoms with Gasteiger partial charge in [0.1, 0.15) is 16.7 Å². The highest BCUT2D eigenvalue weighted by Crippen LogP contribution is 2.38. The molecule has 0 aromatic carbocycles. The second kappa shape index (κ2) is 4.38. The molecule has 100 valence electrons. The summed E-state index contributed by atoms with van der Waals surface area (Å²) in [6.45, 7) is 0. The molecular weight excluding hydrogens is 280 g/mol. The van der Waals surface area contributed by atoms with E-state index in [1.165, 1.54) is 0 Å². The van der Waals surface area contributed by atoms with Crippen LogP contribution in [-0.2, 0) is 0 Å². The Morgan fingerprint density at radius 3 is 2.85 bits per heavy atom. The molecule has 1 N–H and O–H groups in total. The Morgan fingerprint density at radius 1 is 1.15 bits per heavy atom. The Balaban J connectivity index is 1.66. The summed E-state index contributed by atoms with van der Waals surface area (Å²) < 4.78 is 5.17. The molecule has 1 saturated carbocycles. The van der Waals surface area contributed by atoms with Crippen molar-refractivity contribution in [3.05, 3.63) is 29.2 Å². The zero-order valence-corrected chi connectivity index (χ0v) is 11.0. The molecule has 0 spiro atoms. The predicted octanol–water partition coefficient (Wildman–Crippen LogP) is 2.45. The first-order valence-corrected chi connectivity index (χ1v) is 6.57. The smallest absolute Gasteiger partial charge is 0.276 e. The van der Waals surface area contributed by atoms with Gasteiger partial charge in [0.2, 0.25) is 11.6 Å². The molecule has 0 amide bonds. The largest absolute Gasteiger partial charge is 0.332 e. The van der Waals surface area contributed by atoms with Gasteiger partial charge in [0.15, 0.2) is 0 Å². The number of nitrogens with one attached hydrogen (secondary N) is 1. The molecule has 3 aromatic heterocycles. The lowest BCUT2D eigenvalue weighted by molar-refractivity contribution is 0.430. The van der Waals surface area contributed by atoms with Crippen molar-refractivity contribution in [1.29, 1.82) is 0 Å². The maximum absolute atomic E-state index is 5.83. The van der Waals surface area contributed by atoms with Gasteiger partial charge >= 0.3 is 0 Å². The van der Waals surface area contributed by atoms with E-state index in [2.05, 4.69) is 30.3 Å². The second-order valence-electron chi connectivity index (χ2n) is 4.59. The van der Waals surface area contributed by atoms with E-state index in [-0.39, 0.29) is 0 Å². The second-order valence-corrected chi connectivity index (χ2v) is 4.97. The summed E-state index contributed by atoms with van der Waals surface area (Å²) >= 11 is 5.83. The van der Waals surface area contributed by atoms with E-state index in [1.54, 1.807) is 18.2 Å². The topological polar surface area (TPSA) is 93.4 Å². The lowest BCUT2D eigenvalue weighted by Gasteiger charge is -1.92. The van der Waals surface area contributed by atoms with Crippen molar-refractivity contribution in [3.8, 4) is 23.2 Å². The molecule has 3 aromatic rings. The van der Waals surface area contributed by atoms with E-state index in [0.29, 0.717) is 34.3 Å². The first kappa shape index (κ1) is 11.5. The highest BCUT2D eigenvalue weighted by Gasteiger charge is 2.28. The minimum absolute atomic E-state index is 0.292. The highest BCUT2D eigenvalue weighted by molar-refractivity contribution is 6.29. The zero-order chi connectivity index (χ0) is 13.5. The van der Waals surface area contributed by atoms with Gasteiger partial charge in [-0.2, -0.15) is 4.98 Å². The van der Waals surface area contributed by atoms with Crippen molar-refractivity contribution in [2.45, 2.75) is 18.8 Å². The summed E-state index contributed by atoms with van der Waals surface area (Å²) in [5, 5.41) is 11.3. The predicted molar refractivity (Wildman–Crippen MR) is 69.9 cm³/mol. The highest BCUT2D eigenvalue weighted by atomic mass is 35.5. The molecule has 0 radical (unpaired) electrons. The summed E-state index contributed by atoms with van der Waals surface area (Å²) in [4.78, 5) is 12.7. The summed E-state index contributed by atoms with van der Waals surface area (Å²) in [6, 6.07) is 5.20. The fraction of sp³-hybridized carbons (Fsp3) is 0.250. The average Bonchev–Trinajstić information content (AvgIpc) is 3.01. The van der Waals surface area contributed by atoms with Crippen LogP contribution in [0.2, 0.25) is 5.15 Å². The Kier molecular flexibility index (Phi) is 2.53. The molecule has 1 fully saturated rings. The number of hydrogen-bond donors (Lipinski definition) is 1. The Hall–Kier alpha value is -2.28. The van der Waals surface area contributed by atoms with Crippen LogP contribution in [0.15, 0.2) is 22.7 Å². The Bertz CT molecular complexity index is 763. The standard InChI is InChI=1S/C12H9ClN6O/c13-8-3-1-2-7(14-8)12-16-11(19-20-12)10-15-9(17-18-10)6-4-5-6/h1-3,6H,4-5H2,(H,15,17,18). The summed E-state index contributed by atoms with van der Waals surface area (Å²) in [6.07, 6.45) is 2.30. The van der Waals surface area contributed by atoms with Gasteiger partial charge in [0, 0.05) is 5.92 Å². The van der Waals surface area contributed by atoms with E-state index in [1.807, 2.05) is 0 Å². The van der Waals surface area contributed by atoms with Crippen LogP contribution in [-0.4, -0.2) is 30.3 Å². The van der Waals surface area contributed by atoms with E-state index >= 15 is 0 Å². The fourth-order valence-corrected chi connectivity index (χ4v) is 2.02. The van der Waals surface area contributed by atoms with E-state index in [4.69, 9.17) is 16.1 Å². The SMILES string of the molecule is Clc1cccc(-c2nc(-c3n[nH]c(C4CC4)n3)no2)n1. The molecule has 1 aliphatic carbocycles. The van der Waals surface area contributed by atoms with Crippen molar-refractivity contribution >= 4 is 11.6 Å². The number of hydrogen-bond acceptors (Lipinski definition) is 6. The number of H-pyrrole nitrogens is 1. The quantitative estimate of drug-likeness (QED) is 0.744. The number of aromatic amines is 1. The van der Waals surface area contributed by atoms with Crippen molar-refractivity contribution in [1.82, 2.24) is 30.3 Å². The number of rotatable bonds is 3. The molecule has 3 heterocycles. The lowest BCUT2D eigenvalue weighted by Crippen LogP contribution is -1.86. The maximum atomic E-state index is 5.83. The lowest BCUT2D eigenvalue weighted by atomic mass is 10.3. The zero-order valence-electron chi connectivity index (χ0n) is 10.2. The Morgan fingerprint density at radius 2 is 2.05 bits per heavy atom. The van der Waals surface area contributed by atoms with Crippen LogP contribution >= 0.6 is 11.6 Å². The Labute approximate surface area is 118 Å². The van der Waals surface area contributed by atoms with Gasteiger partial charge in [-0.05, 0) is 25.0 Å². The van der Waals surface area contributed by atoms with Gasteiger partial charge in [0.05, 0.1) is 0 Å². The molecule has 0 aliphatic heterocycles. The number of aromatic nitrogens is 6. The van der Waals surface area contributed by atoms with Crippen molar-refractivity contribution in [2.24, 2.45) is 0 Å². The first-order valence-electron chi connectivity index (χ1n) is 6.19. The maximum Gasteiger partial charge on any atom is 0.276 e. The monoisotopic (exact) mass is 288 g/mol. The molecule has 0 bridgehead atoms. The number of pyridine rings is 1. The van der Waals surface area contributed by atoms with Crippen molar-refractivity contribution in [3.63, 3.8) is 0 Å². The van der Waals surface area contributed by atoms with Crippen molar-refractivity contribution < 1.29 is 4.52 Å². The van der Waals surface area contributed by atoms with Gasteiger partial charge in [0.25, 0.3) is 5.89 Å². The molecular formula is C12H9ClN6O. The van der Waals surface area contributed by atoms with Crippen LogP contribution in [0.1, 0.15) is 24.6 Å². The van der Waals surface area contributed by atoms with Gasteiger partial charge in [-0.1, -0.05) is 22.8 Å². The van der Waals surface area contributed by atoms with Crippen LogP contribution in [0.4, 0.5) is 0 Å². The third-order valence-corrected chi connectivity index (χ3v) is 3.24. The normalized spacial score (nSPS) is 14.7. The molecule has 7 nitrogen and oxygen atoms in total. The molecule has 20 heavy (non-hydrogen) atoms. The van der Waals surface area contributed by atoms with E-state index in [0.717, 1.165) is 18.7 Å².